The van der Waals surface area contributed by atoms with E-state index >= 15 is 0 Å². The van der Waals surface area contributed by atoms with Crippen LogP contribution in [-0.2, 0) is 17.6 Å². The van der Waals surface area contributed by atoms with E-state index in [2.05, 4.69) is 20.6 Å². The van der Waals surface area contributed by atoms with Crippen LogP contribution in [-0.4, -0.2) is 37.1 Å². The Bertz CT molecular complexity index is 1130. The van der Waals surface area contributed by atoms with E-state index in [9.17, 15) is 9.59 Å². The predicted octanol–water partition coefficient (Wildman–Crippen LogP) is 4.32. The zero-order valence-corrected chi connectivity index (χ0v) is 19.5. The highest BCUT2D eigenvalue weighted by atomic mass is 32.2. The number of thioether (sulfide) groups is 1. The number of nitrogens with one attached hydrogen (secondary N) is 1. The first-order chi connectivity index (χ1) is 14.4. The Hall–Kier alpha value is -2.06. The van der Waals surface area contributed by atoms with Gasteiger partial charge in [-0.25, -0.2) is 4.98 Å². The second-order valence-electron chi connectivity index (χ2n) is 8.02. The lowest BCUT2D eigenvalue weighted by Gasteiger charge is -2.37. The molecule has 0 aliphatic carbocycles. The molecule has 4 rings (SSSR count). The number of aromatic nitrogens is 3. The molecule has 3 aromatic rings. The number of carbonyl (C=O) groups excluding carboxylic acids is 1. The summed E-state index contributed by atoms with van der Waals surface area (Å²) in [5.74, 6) is 1.31. The van der Waals surface area contributed by atoms with Gasteiger partial charge in [0.05, 0.1) is 22.4 Å². The third kappa shape index (κ3) is 3.95. The summed E-state index contributed by atoms with van der Waals surface area (Å²) in [5.41, 5.74) is 2.11. The van der Waals surface area contributed by atoms with Crippen LogP contribution in [0.2, 0.25) is 0 Å². The summed E-state index contributed by atoms with van der Waals surface area (Å²) in [7, 11) is 2.04. The van der Waals surface area contributed by atoms with Crippen molar-refractivity contribution in [2.24, 2.45) is 7.05 Å². The maximum absolute atomic E-state index is 13.3. The fraction of sp³-hybridized carbons (Fsp3) is 0.500. The number of H-pyrrole nitrogens is 1. The van der Waals surface area contributed by atoms with E-state index in [0.717, 1.165) is 41.1 Å². The molecule has 160 valence electrons. The van der Waals surface area contributed by atoms with Gasteiger partial charge in [0, 0.05) is 30.4 Å². The van der Waals surface area contributed by atoms with Crippen molar-refractivity contribution in [1.82, 2.24) is 19.4 Å². The number of hydrogen-bond donors (Lipinski definition) is 1. The van der Waals surface area contributed by atoms with E-state index in [-0.39, 0.29) is 22.8 Å². The molecule has 8 heteroatoms. The van der Waals surface area contributed by atoms with Gasteiger partial charge in [0.1, 0.15) is 10.7 Å². The number of piperidine rings is 1. The Balaban J connectivity index is 1.47. The smallest absolute Gasteiger partial charge is 0.259 e. The number of amides is 1. The number of hydrogen-bond acceptors (Lipinski definition) is 5. The van der Waals surface area contributed by atoms with Crippen LogP contribution < -0.4 is 5.56 Å². The van der Waals surface area contributed by atoms with Crippen LogP contribution >= 0.6 is 23.1 Å². The summed E-state index contributed by atoms with van der Waals surface area (Å²) in [6, 6.07) is 4.29. The van der Waals surface area contributed by atoms with E-state index in [1.165, 1.54) is 17.5 Å². The molecular weight excluding hydrogens is 416 g/mol. The lowest BCUT2D eigenvalue weighted by Crippen LogP contribution is -2.42. The number of aryl methyl sites for hydroxylation is 3. The Kier molecular flexibility index (Phi) is 6.06. The van der Waals surface area contributed by atoms with Gasteiger partial charge < -0.3 is 14.5 Å². The standard InChI is InChI=1S/C22H28N4O2S2/c1-13-14(2)30-21-19(13)20(27)23-18(24-21)12-29-15(3)22(28)26-11-6-5-8-17(26)16-9-7-10-25(16)4/h7,9-10,15,17H,5-6,8,11-12H2,1-4H3,(H,23,24,27)/t15-,17-/m1/s1. The van der Waals surface area contributed by atoms with Gasteiger partial charge in [-0.15, -0.1) is 23.1 Å². The van der Waals surface area contributed by atoms with E-state index in [1.807, 2.05) is 45.0 Å². The highest BCUT2D eigenvalue weighted by Gasteiger charge is 2.32. The fourth-order valence-electron chi connectivity index (χ4n) is 4.20. The average Bonchev–Trinajstić information content (AvgIpc) is 3.28. The first-order valence-electron chi connectivity index (χ1n) is 10.4. The monoisotopic (exact) mass is 444 g/mol. The van der Waals surface area contributed by atoms with Gasteiger partial charge in [-0.05, 0) is 57.7 Å². The number of thiophene rings is 1. The number of fused-ring (bicyclic) bond motifs is 1. The molecule has 0 unspecified atom stereocenters. The normalized spacial score (nSPS) is 18.1. The van der Waals surface area contributed by atoms with Gasteiger partial charge in [-0.1, -0.05) is 0 Å². The van der Waals surface area contributed by atoms with Crippen LogP contribution in [0.5, 0.6) is 0 Å². The second-order valence-corrected chi connectivity index (χ2v) is 10.5. The van der Waals surface area contributed by atoms with Crippen molar-refractivity contribution in [3.05, 3.63) is 50.6 Å². The lowest BCUT2D eigenvalue weighted by molar-refractivity contribution is -0.134. The molecule has 0 aromatic carbocycles. The minimum absolute atomic E-state index is 0.0868. The van der Waals surface area contributed by atoms with Crippen molar-refractivity contribution < 1.29 is 4.79 Å². The average molecular weight is 445 g/mol. The number of aromatic amines is 1. The van der Waals surface area contributed by atoms with Crippen molar-refractivity contribution in [2.45, 2.75) is 57.1 Å². The van der Waals surface area contributed by atoms with Crippen molar-refractivity contribution in [1.29, 1.82) is 0 Å². The molecule has 4 heterocycles. The molecule has 1 N–H and O–H groups in total. The number of carbonyl (C=O) groups is 1. The molecule has 2 atom stereocenters. The topological polar surface area (TPSA) is 71.0 Å². The van der Waals surface area contributed by atoms with Gasteiger partial charge >= 0.3 is 0 Å². The van der Waals surface area contributed by atoms with E-state index in [0.29, 0.717) is 17.0 Å². The highest BCUT2D eigenvalue weighted by molar-refractivity contribution is 7.99. The molecule has 6 nitrogen and oxygen atoms in total. The number of likely N-dealkylation sites (tertiary alicyclic amines) is 1. The second kappa shape index (κ2) is 8.59. The molecule has 30 heavy (non-hydrogen) atoms. The van der Waals surface area contributed by atoms with Gasteiger partial charge in [0.15, 0.2) is 0 Å². The SMILES string of the molecule is Cc1sc2nc(CS[C@H](C)C(=O)N3CCCC[C@@H]3c3cccn3C)[nH]c(=O)c2c1C. The summed E-state index contributed by atoms with van der Waals surface area (Å²) < 4.78 is 2.11. The van der Waals surface area contributed by atoms with Gasteiger partial charge in [-0.2, -0.15) is 0 Å². The molecule has 0 saturated carbocycles. The van der Waals surface area contributed by atoms with Crippen LogP contribution in [0, 0.1) is 13.8 Å². The Labute approximate surface area is 184 Å². The molecule has 0 bridgehead atoms. The van der Waals surface area contributed by atoms with Crippen molar-refractivity contribution >= 4 is 39.2 Å². The highest BCUT2D eigenvalue weighted by Crippen LogP contribution is 2.33. The molecule has 1 aliphatic rings. The zero-order chi connectivity index (χ0) is 21.4. The van der Waals surface area contributed by atoms with Crippen molar-refractivity contribution in [3.8, 4) is 0 Å². The van der Waals surface area contributed by atoms with E-state index in [4.69, 9.17) is 0 Å². The Morgan fingerprint density at radius 2 is 2.20 bits per heavy atom. The van der Waals surface area contributed by atoms with Crippen molar-refractivity contribution in [2.75, 3.05) is 6.54 Å². The molecule has 0 radical (unpaired) electrons. The first kappa shape index (κ1) is 21.2. The summed E-state index contributed by atoms with van der Waals surface area (Å²) in [5, 5.41) is 0.493. The molecule has 1 fully saturated rings. The summed E-state index contributed by atoms with van der Waals surface area (Å²) in [6.07, 6.45) is 5.24. The molecule has 0 spiro atoms. The minimum atomic E-state index is -0.196. The molecule has 1 saturated heterocycles. The van der Waals surface area contributed by atoms with Crippen LogP contribution in [0.25, 0.3) is 10.2 Å². The first-order valence-corrected chi connectivity index (χ1v) is 12.3. The van der Waals surface area contributed by atoms with Crippen LogP contribution in [0.15, 0.2) is 23.1 Å². The molecule has 1 aliphatic heterocycles. The summed E-state index contributed by atoms with van der Waals surface area (Å²) >= 11 is 3.09. The van der Waals surface area contributed by atoms with E-state index < -0.39 is 0 Å². The van der Waals surface area contributed by atoms with Crippen LogP contribution in [0.1, 0.15) is 54.2 Å². The van der Waals surface area contributed by atoms with Gasteiger partial charge in [0.25, 0.3) is 5.56 Å². The largest absolute Gasteiger partial charge is 0.353 e. The maximum Gasteiger partial charge on any atom is 0.259 e. The molecule has 1 amide bonds. The molecular formula is C22H28N4O2S2. The third-order valence-corrected chi connectivity index (χ3v) is 8.26. The maximum atomic E-state index is 13.3. The lowest BCUT2D eigenvalue weighted by atomic mass is 9.99. The zero-order valence-electron chi connectivity index (χ0n) is 17.9. The quantitative estimate of drug-likeness (QED) is 0.636. The van der Waals surface area contributed by atoms with Gasteiger partial charge in [0.2, 0.25) is 5.91 Å². The molecule has 3 aromatic heterocycles. The van der Waals surface area contributed by atoms with Crippen LogP contribution in [0.3, 0.4) is 0 Å². The predicted molar refractivity (Wildman–Crippen MR) is 124 cm³/mol. The summed E-state index contributed by atoms with van der Waals surface area (Å²) in [4.78, 5) is 37.3. The number of rotatable bonds is 5. The minimum Gasteiger partial charge on any atom is -0.353 e. The van der Waals surface area contributed by atoms with E-state index in [1.54, 1.807) is 11.3 Å². The van der Waals surface area contributed by atoms with Crippen molar-refractivity contribution in [3.63, 3.8) is 0 Å². The van der Waals surface area contributed by atoms with Gasteiger partial charge in [-0.3, -0.25) is 9.59 Å². The van der Waals surface area contributed by atoms with Crippen LogP contribution in [0.4, 0.5) is 0 Å². The number of nitrogens with zero attached hydrogens (tertiary/aromatic N) is 3. The summed E-state index contributed by atoms with van der Waals surface area (Å²) in [6.45, 7) is 6.73. The Morgan fingerprint density at radius 1 is 1.40 bits per heavy atom. The Morgan fingerprint density at radius 3 is 2.93 bits per heavy atom. The fourth-order valence-corrected chi connectivity index (χ4v) is 6.07. The third-order valence-electron chi connectivity index (χ3n) is 6.02.